The van der Waals surface area contributed by atoms with Gasteiger partial charge in [-0.25, -0.2) is 12.8 Å². The van der Waals surface area contributed by atoms with E-state index in [0.717, 1.165) is 52.0 Å². The molecule has 1 aliphatic carbocycles. The van der Waals surface area contributed by atoms with Gasteiger partial charge in [-0.15, -0.1) is 0 Å². The zero-order chi connectivity index (χ0) is 31.8. The summed E-state index contributed by atoms with van der Waals surface area (Å²) in [6.45, 7) is 4.12. The number of aromatic amines is 1. The number of nitrogens with one attached hydrogen (secondary N) is 2. The Bertz CT molecular complexity index is 2280. The molecule has 2 aliphatic rings. The Hall–Kier alpha value is -4.83. The summed E-state index contributed by atoms with van der Waals surface area (Å²) >= 11 is 0. The molecule has 10 heteroatoms. The van der Waals surface area contributed by atoms with Gasteiger partial charge in [-0.3, -0.25) is 9.10 Å². The quantitative estimate of drug-likeness (QED) is 0.263. The van der Waals surface area contributed by atoms with Crippen molar-refractivity contribution in [2.24, 2.45) is 0 Å². The molecule has 0 fully saturated rings. The molecule has 0 radical (unpaired) electrons. The number of benzene rings is 3. The number of hydrogen-bond acceptors (Lipinski definition) is 5. The molecule has 0 bridgehead atoms. The Morgan fingerprint density at radius 2 is 1.71 bits per heavy atom. The van der Waals surface area contributed by atoms with Gasteiger partial charge in [-0.05, 0) is 74.7 Å². The van der Waals surface area contributed by atoms with E-state index in [2.05, 4.69) is 36.3 Å². The number of H-pyrrole nitrogens is 1. The largest absolute Gasteiger partial charge is 0.482 e. The maximum atomic E-state index is 13.8. The number of hydrogen-bond donors (Lipinski definition) is 2. The van der Waals surface area contributed by atoms with Crippen LogP contribution in [0.15, 0.2) is 59.0 Å². The van der Waals surface area contributed by atoms with E-state index in [0.29, 0.717) is 33.5 Å². The Morgan fingerprint density at radius 3 is 2.42 bits per heavy atom. The molecule has 3 heterocycles. The molecule has 1 aliphatic heterocycles. The van der Waals surface area contributed by atoms with Crippen molar-refractivity contribution in [2.45, 2.75) is 32.3 Å². The zero-order valence-electron chi connectivity index (χ0n) is 25.5. The topological polar surface area (TPSA) is 105 Å². The lowest BCUT2D eigenvalue weighted by atomic mass is 9.88. The average molecular weight is 626 g/mol. The number of halogens is 1. The number of furan rings is 1. The van der Waals surface area contributed by atoms with Crippen LogP contribution in [0.4, 0.5) is 10.1 Å². The third-order valence-corrected chi connectivity index (χ3v) is 9.86. The van der Waals surface area contributed by atoms with Crippen LogP contribution >= 0.6 is 0 Å². The fraction of sp³-hybridized carbons (Fsp3) is 0.229. The summed E-state index contributed by atoms with van der Waals surface area (Å²) in [7, 11) is -0.682. The summed E-state index contributed by atoms with van der Waals surface area (Å²) in [6.07, 6.45) is 7.50. The second-order valence-electron chi connectivity index (χ2n) is 12.0. The van der Waals surface area contributed by atoms with Crippen molar-refractivity contribution in [2.75, 3.05) is 24.7 Å². The van der Waals surface area contributed by atoms with Crippen LogP contribution in [0.3, 0.4) is 0 Å². The smallest absolute Gasteiger partial charge is 0.255 e. The van der Waals surface area contributed by atoms with Gasteiger partial charge in [0.05, 0.1) is 23.2 Å². The Kier molecular flexibility index (Phi) is 6.49. The summed E-state index contributed by atoms with van der Waals surface area (Å²) in [6, 6.07) is 14.9. The van der Waals surface area contributed by atoms with Crippen LogP contribution in [-0.4, -0.2) is 39.7 Å². The monoisotopic (exact) mass is 625 g/mol. The van der Waals surface area contributed by atoms with Gasteiger partial charge >= 0.3 is 0 Å². The lowest BCUT2D eigenvalue weighted by molar-refractivity contribution is 0.0964. The third kappa shape index (κ3) is 4.63. The number of aromatic nitrogens is 1. The average Bonchev–Trinajstić information content (AvgIpc) is 3.59. The van der Waals surface area contributed by atoms with Gasteiger partial charge in [0.15, 0.2) is 0 Å². The fourth-order valence-electron chi connectivity index (χ4n) is 6.45. The number of rotatable bonds is 5. The number of carbonyl (C=O) groups is 1. The van der Waals surface area contributed by atoms with Gasteiger partial charge in [-0.1, -0.05) is 18.2 Å². The number of nitrogens with zero attached hydrogens (tertiary/aromatic N) is 1. The van der Waals surface area contributed by atoms with Crippen molar-refractivity contribution in [3.63, 3.8) is 0 Å². The van der Waals surface area contributed by atoms with Crippen molar-refractivity contribution >= 4 is 44.7 Å². The minimum Gasteiger partial charge on any atom is -0.482 e. The van der Waals surface area contributed by atoms with Crippen LogP contribution in [-0.2, 0) is 15.6 Å². The maximum absolute atomic E-state index is 13.8. The summed E-state index contributed by atoms with van der Waals surface area (Å²) in [5.74, 6) is 0.155. The molecule has 230 valence electrons. The van der Waals surface area contributed by atoms with E-state index >= 15 is 0 Å². The van der Waals surface area contributed by atoms with Crippen molar-refractivity contribution in [3.05, 3.63) is 82.1 Å². The first-order chi connectivity index (χ1) is 21.4. The summed E-state index contributed by atoms with van der Waals surface area (Å²) in [5, 5.41) is 5.39. The first kappa shape index (κ1) is 28.9. The zero-order valence-corrected chi connectivity index (χ0v) is 26.4. The van der Waals surface area contributed by atoms with Crippen molar-refractivity contribution < 1.29 is 26.8 Å². The van der Waals surface area contributed by atoms with E-state index in [1.165, 1.54) is 42.7 Å². The van der Waals surface area contributed by atoms with Gasteiger partial charge in [0.25, 0.3) is 5.91 Å². The number of carbonyl (C=O) groups excluding carboxylic acids is 1. The van der Waals surface area contributed by atoms with E-state index in [4.69, 9.17) is 9.15 Å². The summed E-state index contributed by atoms with van der Waals surface area (Å²) < 4.78 is 53.5. The van der Waals surface area contributed by atoms with Gasteiger partial charge in [0.1, 0.15) is 28.5 Å². The van der Waals surface area contributed by atoms with E-state index in [-0.39, 0.29) is 11.3 Å². The Balaban J connectivity index is 1.51. The first-order valence-electron chi connectivity index (χ1n) is 14.7. The van der Waals surface area contributed by atoms with E-state index in [1.807, 2.05) is 18.2 Å². The number of anilines is 1. The molecule has 7 rings (SSSR count). The molecule has 0 spiro atoms. The Labute approximate surface area is 259 Å². The molecule has 0 unspecified atom stereocenters. The van der Waals surface area contributed by atoms with Crippen LogP contribution in [0.5, 0.6) is 5.75 Å². The molecular formula is C35H32FN3O5S. The number of sulfonamides is 1. The minimum atomic E-state index is -3.69. The molecule has 3 aromatic carbocycles. The van der Waals surface area contributed by atoms with Gasteiger partial charge in [0, 0.05) is 58.4 Å². The predicted octanol–water partition coefficient (Wildman–Crippen LogP) is 5.64. The summed E-state index contributed by atoms with van der Waals surface area (Å²) in [5.41, 5.74) is 5.12. The molecule has 2 aromatic heterocycles. The predicted molar refractivity (Wildman–Crippen MR) is 175 cm³/mol. The van der Waals surface area contributed by atoms with E-state index in [9.17, 15) is 17.6 Å². The van der Waals surface area contributed by atoms with Gasteiger partial charge in [0.2, 0.25) is 10.0 Å². The molecule has 5 aromatic rings. The van der Waals surface area contributed by atoms with Crippen molar-refractivity contribution in [1.29, 1.82) is 0 Å². The molecule has 8 nitrogen and oxygen atoms in total. The van der Waals surface area contributed by atoms with E-state index < -0.39 is 27.3 Å². The fourth-order valence-corrected chi connectivity index (χ4v) is 6.96. The number of ether oxygens (including phenoxy) is 1. The normalized spacial score (nSPS) is 14.8. The molecular weight excluding hydrogens is 593 g/mol. The van der Waals surface area contributed by atoms with Crippen LogP contribution in [0, 0.1) is 5.82 Å². The van der Waals surface area contributed by atoms with Crippen molar-refractivity contribution in [3.8, 4) is 39.5 Å². The highest BCUT2D eigenvalue weighted by atomic mass is 32.2. The minimum absolute atomic E-state index is 0.254. The highest BCUT2D eigenvalue weighted by molar-refractivity contribution is 7.92. The van der Waals surface area contributed by atoms with Crippen molar-refractivity contribution in [1.82, 2.24) is 10.3 Å². The first-order valence-corrected chi connectivity index (χ1v) is 16.5. The van der Waals surface area contributed by atoms with E-state index in [1.54, 1.807) is 12.1 Å². The molecule has 1 amide bonds. The SMILES string of the molecule is CNC(=O)c1c(-c2ccc(F)cc2)oc2cc(N(C)S(C)(=O)=O)c(-c3ccc4c(c3)-c3[nH]c5c(c3C(C)(C)O4)=CCCC=5)cc12. The third-order valence-electron chi connectivity index (χ3n) is 8.66. The number of fused-ring (bicyclic) bond motifs is 6. The molecule has 2 N–H and O–H groups in total. The second kappa shape index (κ2) is 10.1. The van der Waals surface area contributed by atoms with Gasteiger partial charge in [-0.2, -0.15) is 0 Å². The molecule has 0 saturated carbocycles. The lowest BCUT2D eigenvalue weighted by Crippen LogP contribution is -2.37. The maximum Gasteiger partial charge on any atom is 0.255 e. The Morgan fingerprint density at radius 1 is 1.00 bits per heavy atom. The van der Waals surface area contributed by atoms with Crippen LogP contribution in [0.1, 0.15) is 42.6 Å². The summed E-state index contributed by atoms with van der Waals surface area (Å²) in [4.78, 5) is 16.9. The van der Waals surface area contributed by atoms with Gasteiger partial charge < -0.3 is 19.5 Å². The molecule has 45 heavy (non-hydrogen) atoms. The standard InChI is InChI=1S/C35H32FN3O5S/c1-35(2)31-22-8-6-7-9-26(22)38-32(31)25-16-20(12-15-28(25)44-35)23-17-24-29(18-27(23)39(4)45(5,41)42)43-33(30(24)34(40)37-3)19-10-13-21(36)14-11-19/h8-18,38H,6-7H2,1-5H3,(H,37,40). The molecule has 0 saturated heterocycles. The molecule has 0 atom stereocenters. The number of amides is 1. The van der Waals surface area contributed by atoms with Crippen LogP contribution in [0.2, 0.25) is 0 Å². The second-order valence-corrected chi connectivity index (χ2v) is 14.0. The lowest BCUT2D eigenvalue weighted by Gasteiger charge is -2.33. The van der Waals surface area contributed by atoms with Crippen LogP contribution in [0.25, 0.3) is 56.8 Å². The highest BCUT2D eigenvalue weighted by Crippen LogP contribution is 2.47. The highest BCUT2D eigenvalue weighted by Gasteiger charge is 2.36. The van der Waals surface area contributed by atoms with Crippen LogP contribution < -0.4 is 24.9 Å².